The van der Waals surface area contributed by atoms with Gasteiger partial charge < -0.3 is 9.47 Å². The summed E-state index contributed by atoms with van der Waals surface area (Å²) in [6.07, 6.45) is 9.07. The van der Waals surface area contributed by atoms with Crippen LogP contribution in [0.2, 0.25) is 0 Å². The highest BCUT2D eigenvalue weighted by Gasteiger charge is 2.41. The molecule has 0 radical (unpaired) electrons. The molecule has 1 aliphatic heterocycles. The van der Waals surface area contributed by atoms with Gasteiger partial charge in [0.05, 0.1) is 25.4 Å². The predicted octanol–water partition coefficient (Wildman–Crippen LogP) is 2.36. The lowest BCUT2D eigenvalue weighted by Crippen LogP contribution is -2.39. The molecule has 2 fully saturated rings. The van der Waals surface area contributed by atoms with Crippen LogP contribution in [-0.4, -0.2) is 49.3 Å². The van der Waals surface area contributed by atoms with Crippen LogP contribution in [0.3, 0.4) is 0 Å². The quantitative estimate of drug-likeness (QED) is 0.718. The number of esters is 1. The van der Waals surface area contributed by atoms with E-state index in [1.807, 2.05) is 0 Å². The van der Waals surface area contributed by atoms with Gasteiger partial charge in [-0.2, -0.15) is 0 Å². The van der Waals surface area contributed by atoms with Gasteiger partial charge in [0, 0.05) is 6.54 Å². The molecule has 0 aromatic carbocycles. The summed E-state index contributed by atoms with van der Waals surface area (Å²) in [6, 6.07) is 0. The maximum atomic E-state index is 11.3. The lowest BCUT2D eigenvalue weighted by Gasteiger charge is -2.34. The van der Waals surface area contributed by atoms with Gasteiger partial charge >= 0.3 is 5.97 Å². The van der Waals surface area contributed by atoms with Crippen LogP contribution in [0.1, 0.15) is 51.9 Å². The van der Waals surface area contributed by atoms with Crippen LogP contribution in [0.4, 0.5) is 0 Å². The van der Waals surface area contributed by atoms with Gasteiger partial charge in [-0.15, -0.1) is 0 Å². The Bertz CT molecular complexity index is 300. The Morgan fingerprint density at radius 1 is 1.32 bits per heavy atom. The van der Waals surface area contributed by atoms with E-state index in [-0.39, 0.29) is 11.6 Å². The maximum Gasteiger partial charge on any atom is 0.319 e. The van der Waals surface area contributed by atoms with Gasteiger partial charge in [-0.1, -0.05) is 26.2 Å². The van der Waals surface area contributed by atoms with E-state index < -0.39 is 0 Å². The Balaban J connectivity index is 1.81. The molecule has 1 saturated heterocycles. The fourth-order valence-corrected chi connectivity index (χ4v) is 3.43. The van der Waals surface area contributed by atoms with Gasteiger partial charge in [0.25, 0.3) is 0 Å². The molecule has 19 heavy (non-hydrogen) atoms. The van der Waals surface area contributed by atoms with Gasteiger partial charge in [-0.3, -0.25) is 9.69 Å². The molecule has 1 unspecified atom stereocenters. The van der Waals surface area contributed by atoms with Crippen molar-refractivity contribution in [2.75, 3.05) is 26.7 Å². The number of likely N-dealkylation sites (N-methyl/N-ethyl adjacent to an activating group) is 1. The van der Waals surface area contributed by atoms with Crippen molar-refractivity contribution in [3.63, 3.8) is 0 Å². The summed E-state index contributed by atoms with van der Waals surface area (Å²) in [7, 11) is 1.44. The minimum atomic E-state index is -0.160. The molecule has 0 aromatic rings. The van der Waals surface area contributed by atoms with E-state index >= 15 is 0 Å². The van der Waals surface area contributed by atoms with Crippen molar-refractivity contribution in [3.8, 4) is 0 Å². The Hall–Kier alpha value is -0.610. The van der Waals surface area contributed by atoms with Crippen LogP contribution in [0.15, 0.2) is 0 Å². The second kappa shape index (κ2) is 6.71. The van der Waals surface area contributed by atoms with E-state index in [2.05, 4.69) is 11.8 Å². The summed E-state index contributed by atoms with van der Waals surface area (Å²) in [5, 5.41) is 0. The predicted molar refractivity (Wildman–Crippen MR) is 74.1 cm³/mol. The first-order valence-corrected chi connectivity index (χ1v) is 7.64. The normalized spacial score (nSPS) is 25.9. The lowest BCUT2D eigenvalue weighted by molar-refractivity contribution is -0.142. The zero-order valence-corrected chi connectivity index (χ0v) is 12.3. The largest absolute Gasteiger partial charge is 0.468 e. The fourth-order valence-electron chi connectivity index (χ4n) is 3.43. The molecule has 2 rings (SSSR count). The topological polar surface area (TPSA) is 38.8 Å². The van der Waals surface area contributed by atoms with Crippen LogP contribution < -0.4 is 0 Å². The third-order valence-corrected chi connectivity index (χ3v) is 4.59. The minimum absolute atomic E-state index is 0.160. The number of carbonyl (C=O) groups is 1. The summed E-state index contributed by atoms with van der Waals surface area (Å²) < 4.78 is 11.1. The van der Waals surface area contributed by atoms with E-state index in [4.69, 9.17) is 9.47 Å². The molecule has 1 aliphatic carbocycles. The summed E-state index contributed by atoms with van der Waals surface area (Å²) in [5.41, 5.74) is 0.174. The molecule has 1 heterocycles. The van der Waals surface area contributed by atoms with Crippen LogP contribution in [-0.2, 0) is 14.3 Å². The second-order valence-electron chi connectivity index (χ2n) is 5.93. The van der Waals surface area contributed by atoms with Gasteiger partial charge in [-0.05, 0) is 32.2 Å². The van der Waals surface area contributed by atoms with E-state index in [1.165, 1.54) is 45.6 Å². The van der Waals surface area contributed by atoms with Crippen LogP contribution in [0.5, 0.6) is 0 Å². The first-order chi connectivity index (χ1) is 9.17. The summed E-state index contributed by atoms with van der Waals surface area (Å²) in [4.78, 5) is 13.5. The SMILES string of the molecule is CCN(CC(=O)OC)CC1CCC2(CCCCC2)O1. The Kier molecular flexibility index (Phi) is 5.22. The van der Waals surface area contributed by atoms with Crippen molar-refractivity contribution in [1.82, 2.24) is 4.90 Å². The van der Waals surface area contributed by atoms with Crippen molar-refractivity contribution in [2.45, 2.75) is 63.6 Å². The molecule has 4 heteroatoms. The van der Waals surface area contributed by atoms with Gasteiger partial charge in [0.15, 0.2) is 0 Å². The van der Waals surface area contributed by atoms with Crippen molar-refractivity contribution in [1.29, 1.82) is 0 Å². The second-order valence-corrected chi connectivity index (χ2v) is 5.93. The Morgan fingerprint density at radius 3 is 2.68 bits per heavy atom. The smallest absolute Gasteiger partial charge is 0.319 e. The van der Waals surface area contributed by atoms with Crippen molar-refractivity contribution >= 4 is 5.97 Å². The number of hydrogen-bond acceptors (Lipinski definition) is 4. The summed E-state index contributed by atoms with van der Waals surface area (Å²) >= 11 is 0. The highest BCUT2D eigenvalue weighted by molar-refractivity contribution is 5.71. The van der Waals surface area contributed by atoms with Crippen LogP contribution >= 0.6 is 0 Å². The molecule has 0 aromatic heterocycles. The molecule has 0 amide bonds. The average Bonchev–Trinajstić information content (AvgIpc) is 2.81. The van der Waals surface area contributed by atoms with Gasteiger partial charge in [0.1, 0.15) is 0 Å². The minimum Gasteiger partial charge on any atom is -0.468 e. The highest BCUT2D eigenvalue weighted by atomic mass is 16.5. The maximum absolute atomic E-state index is 11.3. The monoisotopic (exact) mass is 269 g/mol. The standard InChI is InChI=1S/C15H27NO3/c1-3-16(12-14(17)18-2)11-13-7-10-15(19-13)8-5-4-6-9-15/h13H,3-12H2,1-2H3. The first kappa shape index (κ1) is 14.8. The zero-order valence-electron chi connectivity index (χ0n) is 12.3. The van der Waals surface area contributed by atoms with Gasteiger partial charge in [-0.25, -0.2) is 0 Å². The van der Waals surface area contributed by atoms with Crippen LogP contribution in [0.25, 0.3) is 0 Å². The molecule has 0 N–H and O–H groups in total. The summed E-state index contributed by atoms with van der Waals surface area (Å²) in [6.45, 7) is 4.17. The number of carbonyl (C=O) groups excluding carboxylic acids is 1. The van der Waals surface area contributed by atoms with E-state index in [9.17, 15) is 4.79 Å². The molecule has 1 saturated carbocycles. The van der Waals surface area contributed by atoms with E-state index in [0.29, 0.717) is 12.6 Å². The zero-order chi connectivity index (χ0) is 13.7. The molecule has 2 aliphatic rings. The molecular weight excluding hydrogens is 242 g/mol. The van der Waals surface area contributed by atoms with Crippen molar-refractivity contribution in [2.24, 2.45) is 0 Å². The third-order valence-electron chi connectivity index (χ3n) is 4.59. The number of rotatable bonds is 5. The van der Waals surface area contributed by atoms with Crippen molar-refractivity contribution in [3.05, 3.63) is 0 Å². The number of ether oxygens (including phenoxy) is 2. The molecule has 110 valence electrons. The number of hydrogen-bond donors (Lipinski definition) is 0. The molecule has 0 bridgehead atoms. The Labute approximate surface area is 116 Å². The Morgan fingerprint density at radius 2 is 2.05 bits per heavy atom. The van der Waals surface area contributed by atoms with E-state index in [1.54, 1.807) is 0 Å². The molecule has 4 nitrogen and oxygen atoms in total. The highest BCUT2D eigenvalue weighted by Crippen LogP contribution is 2.41. The molecule has 1 spiro atoms. The average molecular weight is 269 g/mol. The first-order valence-electron chi connectivity index (χ1n) is 7.64. The van der Waals surface area contributed by atoms with Crippen molar-refractivity contribution < 1.29 is 14.3 Å². The number of methoxy groups -OCH3 is 1. The van der Waals surface area contributed by atoms with Gasteiger partial charge in [0.2, 0.25) is 0 Å². The molecule has 1 atom stereocenters. The number of nitrogens with zero attached hydrogens (tertiary/aromatic N) is 1. The van der Waals surface area contributed by atoms with E-state index in [0.717, 1.165) is 19.5 Å². The lowest BCUT2D eigenvalue weighted by atomic mass is 9.83. The fraction of sp³-hybridized carbons (Fsp3) is 0.933. The molecular formula is C15H27NO3. The van der Waals surface area contributed by atoms with Crippen LogP contribution in [0, 0.1) is 0 Å². The third kappa shape index (κ3) is 3.93. The summed E-state index contributed by atoms with van der Waals surface area (Å²) in [5.74, 6) is -0.160.